The molecule has 2 nitrogen and oxygen atoms in total. The third-order valence-electron chi connectivity index (χ3n) is 2.15. The van der Waals surface area contributed by atoms with Crippen molar-refractivity contribution in [3.05, 3.63) is 45.2 Å². The monoisotopic (exact) mass is 290 g/mol. The van der Waals surface area contributed by atoms with Crippen LogP contribution in [-0.2, 0) is 0 Å². The summed E-state index contributed by atoms with van der Waals surface area (Å²) in [6.45, 7) is 0. The first-order valence-electron chi connectivity index (χ1n) is 4.56. The Bertz CT molecular complexity index is 587. The smallest absolute Gasteiger partial charge is 0.143 e. The number of nitrogens with zero attached hydrogens (tertiary/aromatic N) is 1. The molecular formula is C11H6Cl3FN2. The van der Waals surface area contributed by atoms with Crippen molar-refractivity contribution in [2.24, 2.45) is 0 Å². The predicted octanol–water partition coefficient (Wildman–Crippen LogP) is 4.43. The van der Waals surface area contributed by atoms with E-state index in [1.165, 1.54) is 24.3 Å². The predicted molar refractivity (Wildman–Crippen MR) is 69.1 cm³/mol. The Morgan fingerprint density at radius 2 is 1.71 bits per heavy atom. The molecule has 0 radical (unpaired) electrons. The van der Waals surface area contributed by atoms with E-state index in [0.717, 1.165) is 0 Å². The number of nitrogens with two attached hydrogens (primary N) is 1. The van der Waals surface area contributed by atoms with Crippen molar-refractivity contribution in [3.63, 3.8) is 0 Å². The number of anilines is 1. The van der Waals surface area contributed by atoms with Crippen LogP contribution in [0.4, 0.5) is 10.2 Å². The molecule has 1 heterocycles. The number of nitrogen functional groups attached to an aromatic ring is 1. The summed E-state index contributed by atoms with van der Waals surface area (Å²) < 4.78 is 13.0. The van der Waals surface area contributed by atoms with Gasteiger partial charge in [0, 0.05) is 5.56 Å². The highest BCUT2D eigenvalue weighted by Gasteiger charge is 2.11. The number of hydrogen-bond acceptors (Lipinski definition) is 2. The quantitative estimate of drug-likeness (QED) is 0.844. The first-order valence-corrected chi connectivity index (χ1v) is 5.69. The number of rotatable bonds is 1. The lowest BCUT2D eigenvalue weighted by molar-refractivity contribution is 0.628. The van der Waals surface area contributed by atoms with Gasteiger partial charge in [-0.05, 0) is 24.3 Å². The zero-order valence-electron chi connectivity index (χ0n) is 8.35. The maximum Gasteiger partial charge on any atom is 0.143 e. The zero-order chi connectivity index (χ0) is 12.6. The highest BCUT2D eigenvalue weighted by Crippen LogP contribution is 2.32. The second-order valence-electron chi connectivity index (χ2n) is 3.31. The fourth-order valence-corrected chi connectivity index (χ4v) is 1.97. The molecular weight excluding hydrogens is 285 g/mol. The van der Waals surface area contributed by atoms with Gasteiger partial charge < -0.3 is 5.73 Å². The molecule has 6 heteroatoms. The molecule has 2 aromatic rings. The largest absolute Gasteiger partial charge is 0.382 e. The van der Waals surface area contributed by atoms with Gasteiger partial charge in [0.05, 0.1) is 20.8 Å². The standard InChI is InChI=1S/C11H6Cl3FN2/c12-6-3-5(1-2-9(6)15)10-7(13)4-8(14)11(16)17-10/h1-4H,(H2,16,17). The van der Waals surface area contributed by atoms with Crippen LogP contribution in [0.5, 0.6) is 0 Å². The molecule has 0 amide bonds. The zero-order valence-corrected chi connectivity index (χ0v) is 10.6. The summed E-state index contributed by atoms with van der Waals surface area (Å²) in [4.78, 5) is 4.05. The molecule has 0 atom stereocenters. The molecule has 0 fully saturated rings. The van der Waals surface area contributed by atoms with E-state index in [2.05, 4.69) is 4.98 Å². The number of aromatic nitrogens is 1. The van der Waals surface area contributed by atoms with Gasteiger partial charge in [0.1, 0.15) is 11.6 Å². The van der Waals surface area contributed by atoms with Gasteiger partial charge in [0.25, 0.3) is 0 Å². The van der Waals surface area contributed by atoms with E-state index in [1.807, 2.05) is 0 Å². The minimum atomic E-state index is -0.506. The molecule has 0 aliphatic rings. The Kier molecular flexibility index (Phi) is 3.43. The average molecular weight is 292 g/mol. The Hall–Kier alpha value is -1.03. The number of benzene rings is 1. The van der Waals surface area contributed by atoms with E-state index in [9.17, 15) is 4.39 Å². The van der Waals surface area contributed by atoms with Gasteiger partial charge in [0.2, 0.25) is 0 Å². The maximum absolute atomic E-state index is 13.0. The molecule has 0 unspecified atom stereocenters. The van der Waals surface area contributed by atoms with Gasteiger partial charge in [-0.25, -0.2) is 9.37 Å². The summed E-state index contributed by atoms with van der Waals surface area (Å²) in [5, 5.41) is 0.590. The SMILES string of the molecule is Nc1nc(-c2ccc(F)c(Cl)c2)c(Cl)cc1Cl. The highest BCUT2D eigenvalue weighted by atomic mass is 35.5. The Morgan fingerprint density at radius 1 is 1.00 bits per heavy atom. The average Bonchev–Trinajstić information content (AvgIpc) is 2.27. The minimum Gasteiger partial charge on any atom is -0.382 e. The minimum absolute atomic E-state index is 0.00566. The molecule has 0 bridgehead atoms. The summed E-state index contributed by atoms with van der Waals surface area (Å²) in [7, 11) is 0. The van der Waals surface area contributed by atoms with Crippen molar-refractivity contribution in [2.75, 3.05) is 5.73 Å². The van der Waals surface area contributed by atoms with Crippen molar-refractivity contribution >= 4 is 40.6 Å². The lowest BCUT2D eigenvalue weighted by Gasteiger charge is -2.07. The third kappa shape index (κ3) is 2.46. The first-order chi connectivity index (χ1) is 7.99. The van der Waals surface area contributed by atoms with E-state index in [1.54, 1.807) is 0 Å². The number of halogens is 4. The number of pyridine rings is 1. The molecule has 1 aromatic heterocycles. The van der Waals surface area contributed by atoms with E-state index in [4.69, 9.17) is 40.5 Å². The van der Waals surface area contributed by atoms with Crippen LogP contribution in [0, 0.1) is 5.82 Å². The molecule has 0 saturated carbocycles. The second-order valence-corrected chi connectivity index (χ2v) is 4.54. The Labute approximate surface area is 112 Å². The van der Waals surface area contributed by atoms with Crippen LogP contribution in [0.1, 0.15) is 0 Å². The molecule has 0 aliphatic heterocycles. The normalized spacial score (nSPS) is 10.6. The van der Waals surface area contributed by atoms with E-state index < -0.39 is 5.82 Å². The Balaban J connectivity index is 2.60. The van der Waals surface area contributed by atoms with Crippen LogP contribution in [0.15, 0.2) is 24.3 Å². The lowest BCUT2D eigenvalue weighted by atomic mass is 10.1. The van der Waals surface area contributed by atoms with E-state index in [-0.39, 0.29) is 15.9 Å². The molecule has 17 heavy (non-hydrogen) atoms. The molecule has 0 aliphatic carbocycles. The fourth-order valence-electron chi connectivity index (χ4n) is 1.33. The van der Waals surface area contributed by atoms with Crippen LogP contribution >= 0.6 is 34.8 Å². The molecule has 0 spiro atoms. The third-order valence-corrected chi connectivity index (χ3v) is 3.03. The maximum atomic E-state index is 13.0. The van der Waals surface area contributed by atoms with Crippen LogP contribution in [0.2, 0.25) is 15.1 Å². The summed E-state index contributed by atoms with van der Waals surface area (Å²) in [5.74, 6) is -0.347. The van der Waals surface area contributed by atoms with Crippen LogP contribution < -0.4 is 5.73 Å². The van der Waals surface area contributed by atoms with Gasteiger partial charge in [-0.3, -0.25) is 0 Å². The van der Waals surface area contributed by atoms with Crippen molar-refractivity contribution in [2.45, 2.75) is 0 Å². The van der Waals surface area contributed by atoms with Crippen LogP contribution in [-0.4, -0.2) is 4.98 Å². The number of hydrogen-bond donors (Lipinski definition) is 1. The fraction of sp³-hybridized carbons (Fsp3) is 0. The summed E-state index contributed by atoms with van der Waals surface area (Å²) >= 11 is 17.4. The second kappa shape index (κ2) is 4.69. The van der Waals surface area contributed by atoms with Crippen molar-refractivity contribution in [3.8, 4) is 11.3 Å². The molecule has 2 N–H and O–H groups in total. The summed E-state index contributed by atoms with van der Waals surface area (Å²) in [5.41, 5.74) is 6.57. The summed E-state index contributed by atoms with van der Waals surface area (Å²) in [6.07, 6.45) is 0. The first kappa shape index (κ1) is 12.4. The lowest BCUT2D eigenvalue weighted by Crippen LogP contribution is -1.95. The van der Waals surface area contributed by atoms with Gasteiger partial charge in [-0.2, -0.15) is 0 Å². The van der Waals surface area contributed by atoms with Crippen molar-refractivity contribution < 1.29 is 4.39 Å². The molecule has 1 aromatic carbocycles. The molecule has 0 saturated heterocycles. The molecule has 88 valence electrons. The molecule has 2 rings (SSSR count). The van der Waals surface area contributed by atoms with Gasteiger partial charge >= 0.3 is 0 Å². The van der Waals surface area contributed by atoms with Crippen molar-refractivity contribution in [1.29, 1.82) is 0 Å². The van der Waals surface area contributed by atoms with Crippen molar-refractivity contribution in [1.82, 2.24) is 4.98 Å². The van der Waals surface area contributed by atoms with Crippen LogP contribution in [0.25, 0.3) is 11.3 Å². The highest BCUT2D eigenvalue weighted by molar-refractivity contribution is 6.37. The van der Waals surface area contributed by atoms with E-state index >= 15 is 0 Å². The summed E-state index contributed by atoms with van der Waals surface area (Å²) in [6, 6.07) is 5.67. The van der Waals surface area contributed by atoms with Gasteiger partial charge in [-0.1, -0.05) is 34.8 Å². The van der Waals surface area contributed by atoms with Crippen LogP contribution in [0.3, 0.4) is 0 Å². The Morgan fingerprint density at radius 3 is 2.35 bits per heavy atom. The van der Waals surface area contributed by atoms with E-state index in [0.29, 0.717) is 16.3 Å². The van der Waals surface area contributed by atoms with Gasteiger partial charge in [-0.15, -0.1) is 0 Å². The topological polar surface area (TPSA) is 38.9 Å². The van der Waals surface area contributed by atoms with Gasteiger partial charge in [0.15, 0.2) is 0 Å².